The molecule has 1 fully saturated rings. The smallest absolute Gasteiger partial charge is 0.246 e. The first-order chi connectivity index (χ1) is 8.65. The summed E-state index contributed by atoms with van der Waals surface area (Å²) in [6.45, 7) is 5.43. The molecule has 0 aliphatic carbocycles. The summed E-state index contributed by atoms with van der Waals surface area (Å²) in [5.41, 5.74) is 0. The fourth-order valence-electron chi connectivity index (χ4n) is 2.21. The normalized spacial score (nSPS) is 24.0. The fourth-order valence-corrected chi connectivity index (χ4v) is 3.27. The third-order valence-electron chi connectivity index (χ3n) is 3.47. The number of hydrogen-bond acceptors (Lipinski definition) is 4. The summed E-state index contributed by atoms with van der Waals surface area (Å²) in [7, 11) is -3.18. The summed E-state index contributed by atoms with van der Waals surface area (Å²) in [6, 6.07) is -1.03. The number of carbonyl (C=O) groups excluding carboxylic acids is 2. The molecular formula is C12H22N2O4S. The van der Waals surface area contributed by atoms with Crippen molar-refractivity contribution in [1.29, 1.82) is 0 Å². The maximum atomic E-state index is 12.3. The van der Waals surface area contributed by atoms with Crippen molar-refractivity contribution in [2.24, 2.45) is 5.92 Å². The minimum absolute atomic E-state index is 0.0321. The summed E-state index contributed by atoms with van der Waals surface area (Å²) in [5.74, 6) is -0.515. The number of sulfone groups is 1. The van der Waals surface area contributed by atoms with Crippen molar-refractivity contribution in [3.05, 3.63) is 0 Å². The third-order valence-corrected chi connectivity index (χ3v) is 4.56. The van der Waals surface area contributed by atoms with Crippen molar-refractivity contribution in [2.75, 3.05) is 18.6 Å². The molecule has 0 radical (unpaired) electrons. The average molecular weight is 290 g/mol. The van der Waals surface area contributed by atoms with Crippen LogP contribution >= 0.6 is 0 Å². The van der Waals surface area contributed by atoms with Crippen LogP contribution in [-0.2, 0) is 19.4 Å². The number of carbonyl (C=O) groups is 2. The van der Waals surface area contributed by atoms with Gasteiger partial charge < -0.3 is 10.2 Å². The Morgan fingerprint density at radius 2 is 1.95 bits per heavy atom. The Kier molecular flexibility index (Phi) is 4.95. The van der Waals surface area contributed by atoms with Crippen LogP contribution in [0, 0.1) is 5.92 Å². The van der Waals surface area contributed by atoms with Crippen molar-refractivity contribution < 1.29 is 18.0 Å². The molecule has 19 heavy (non-hydrogen) atoms. The average Bonchev–Trinajstić information content (AvgIpc) is 2.28. The molecule has 1 aliphatic rings. The second-order valence-corrected chi connectivity index (χ2v) is 7.52. The fraction of sp³-hybridized carbons (Fsp3) is 0.833. The highest BCUT2D eigenvalue weighted by Crippen LogP contribution is 2.16. The molecule has 1 heterocycles. The second-order valence-electron chi connectivity index (χ2n) is 5.34. The predicted octanol–water partition coefficient (Wildman–Crippen LogP) is -0.207. The van der Waals surface area contributed by atoms with Gasteiger partial charge in [0.25, 0.3) is 0 Å². The molecule has 0 aromatic carbocycles. The summed E-state index contributed by atoms with van der Waals surface area (Å²) in [6.07, 6.45) is 1.90. The molecule has 0 aromatic heterocycles. The van der Waals surface area contributed by atoms with Gasteiger partial charge in [0, 0.05) is 12.3 Å². The van der Waals surface area contributed by atoms with E-state index < -0.39 is 21.9 Å². The Morgan fingerprint density at radius 1 is 1.37 bits per heavy atom. The Morgan fingerprint density at radius 3 is 2.42 bits per heavy atom. The lowest BCUT2D eigenvalue weighted by Gasteiger charge is -2.38. The summed E-state index contributed by atoms with van der Waals surface area (Å²) >= 11 is 0. The van der Waals surface area contributed by atoms with Gasteiger partial charge in [0.15, 0.2) is 0 Å². The molecular weight excluding hydrogens is 268 g/mol. The molecule has 7 heteroatoms. The Hall–Kier alpha value is -1.11. The molecule has 3 unspecified atom stereocenters. The van der Waals surface area contributed by atoms with Crippen LogP contribution in [-0.4, -0.2) is 55.8 Å². The maximum absolute atomic E-state index is 12.3. The standard InChI is InChI=1S/C12H22N2O4S/c1-5-8(2)11-12(16)14(6-10(15)13-11)9(3)7-19(4,17)18/h8-9,11H,5-7H2,1-4H3,(H,13,15). The van der Waals surface area contributed by atoms with Crippen LogP contribution < -0.4 is 5.32 Å². The Labute approximate surface area is 114 Å². The highest BCUT2D eigenvalue weighted by molar-refractivity contribution is 7.90. The predicted molar refractivity (Wildman–Crippen MR) is 72.3 cm³/mol. The van der Waals surface area contributed by atoms with Gasteiger partial charge in [-0.15, -0.1) is 0 Å². The van der Waals surface area contributed by atoms with Gasteiger partial charge in [-0.2, -0.15) is 0 Å². The molecule has 1 saturated heterocycles. The summed E-state index contributed by atoms with van der Waals surface area (Å²) < 4.78 is 22.6. The molecule has 1 N–H and O–H groups in total. The van der Waals surface area contributed by atoms with E-state index in [9.17, 15) is 18.0 Å². The highest BCUT2D eigenvalue weighted by Gasteiger charge is 2.38. The molecule has 0 spiro atoms. The topological polar surface area (TPSA) is 83.6 Å². The zero-order valence-corrected chi connectivity index (χ0v) is 12.7. The zero-order chi connectivity index (χ0) is 14.8. The molecule has 0 aromatic rings. The molecule has 1 rings (SSSR count). The van der Waals surface area contributed by atoms with Crippen LogP contribution in [0.4, 0.5) is 0 Å². The number of nitrogens with zero attached hydrogens (tertiary/aromatic N) is 1. The number of amides is 2. The SMILES string of the molecule is CCC(C)C1NC(=O)CN(C(C)CS(C)(=O)=O)C1=O. The highest BCUT2D eigenvalue weighted by atomic mass is 32.2. The minimum atomic E-state index is -3.18. The van der Waals surface area contributed by atoms with E-state index in [1.54, 1.807) is 6.92 Å². The van der Waals surface area contributed by atoms with Crippen LogP contribution in [0.2, 0.25) is 0 Å². The van der Waals surface area contributed by atoms with Crippen molar-refractivity contribution in [2.45, 2.75) is 39.3 Å². The first-order valence-electron chi connectivity index (χ1n) is 6.43. The molecule has 6 nitrogen and oxygen atoms in total. The minimum Gasteiger partial charge on any atom is -0.342 e. The van der Waals surface area contributed by atoms with E-state index in [1.165, 1.54) is 4.90 Å². The lowest BCUT2D eigenvalue weighted by atomic mass is 9.95. The van der Waals surface area contributed by atoms with Gasteiger partial charge >= 0.3 is 0 Å². The lowest BCUT2D eigenvalue weighted by molar-refractivity contribution is -0.147. The third kappa shape index (κ3) is 4.19. The van der Waals surface area contributed by atoms with E-state index in [4.69, 9.17) is 0 Å². The monoisotopic (exact) mass is 290 g/mol. The van der Waals surface area contributed by atoms with Gasteiger partial charge in [-0.3, -0.25) is 9.59 Å². The van der Waals surface area contributed by atoms with Crippen LogP contribution in [0.5, 0.6) is 0 Å². The number of rotatable bonds is 5. The van der Waals surface area contributed by atoms with Crippen molar-refractivity contribution in [3.63, 3.8) is 0 Å². The van der Waals surface area contributed by atoms with Crippen LogP contribution in [0.3, 0.4) is 0 Å². The molecule has 0 saturated carbocycles. The van der Waals surface area contributed by atoms with E-state index in [0.29, 0.717) is 0 Å². The van der Waals surface area contributed by atoms with E-state index in [2.05, 4.69) is 5.32 Å². The molecule has 1 aliphatic heterocycles. The van der Waals surface area contributed by atoms with Gasteiger partial charge in [-0.25, -0.2) is 8.42 Å². The largest absolute Gasteiger partial charge is 0.342 e. The second kappa shape index (κ2) is 5.90. The Balaban J connectivity index is 2.88. The number of hydrogen-bond donors (Lipinski definition) is 1. The quantitative estimate of drug-likeness (QED) is 0.759. The molecule has 110 valence electrons. The van der Waals surface area contributed by atoms with Crippen LogP contribution in [0.15, 0.2) is 0 Å². The van der Waals surface area contributed by atoms with Crippen molar-refractivity contribution in [1.82, 2.24) is 10.2 Å². The Bertz CT molecular complexity index is 460. The number of piperazine rings is 1. The lowest BCUT2D eigenvalue weighted by Crippen LogP contribution is -2.62. The van der Waals surface area contributed by atoms with Gasteiger partial charge in [0.2, 0.25) is 11.8 Å². The van der Waals surface area contributed by atoms with E-state index in [0.717, 1.165) is 12.7 Å². The first-order valence-corrected chi connectivity index (χ1v) is 8.49. The summed E-state index contributed by atoms with van der Waals surface area (Å²) in [5, 5.41) is 2.68. The number of nitrogens with one attached hydrogen (secondary N) is 1. The van der Waals surface area contributed by atoms with E-state index >= 15 is 0 Å². The van der Waals surface area contributed by atoms with Gasteiger partial charge in [-0.05, 0) is 12.8 Å². The summed E-state index contributed by atoms with van der Waals surface area (Å²) in [4.78, 5) is 25.4. The van der Waals surface area contributed by atoms with E-state index in [-0.39, 0.29) is 30.0 Å². The van der Waals surface area contributed by atoms with Crippen LogP contribution in [0.25, 0.3) is 0 Å². The van der Waals surface area contributed by atoms with Gasteiger partial charge in [0.1, 0.15) is 15.9 Å². The molecule has 0 bridgehead atoms. The van der Waals surface area contributed by atoms with Gasteiger partial charge in [-0.1, -0.05) is 20.3 Å². The molecule has 3 atom stereocenters. The first kappa shape index (κ1) is 15.9. The van der Waals surface area contributed by atoms with Crippen molar-refractivity contribution >= 4 is 21.7 Å². The van der Waals surface area contributed by atoms with Crippen molar-refractivity contribution in [3.8, 4) is 0 Å². The molecule has 2 amide bonds. The van der Waals surface area contributed by atoms with Crippen LogP contribution in [0.1, 0.15) is 27.2 Å². The van der Waals surface area contributed by atoms with E-state index in [1.807, 2.05) is 13.8 Å². The van der Waals surface area contributed by atoms with Gasteiger partial charge in [0.05, 0.1) is 12.3 Å². The maximum Gasteiger partial charge on any atom is 0.246 e. The zero-order valence-electron chi connectivity index (χ0n) is 11.8.